The maximum atomic E-state index is 14.1. The molecule has 0 bridgehead atoms. The quantitative estimate of drug-likeness (QED) is 0.321. The molecule has 0 unspecified atom stereocenters. The van der Waals surface area contributed by atoms with Gasteiger partial charge in [-0.05, 0) is 73.9 Å². The number of benzene rings is 3. The topological polar surface area (TPSA) is 105 Å². The molecule has 1 fully saturated rings. The molecule has 0 spiro atoms. The summed E-state index contributed by atoms with van der Waals surface area (Å²) in [4.78, 5) is 28.8. The molecule has 9 nitrogen and oxygen atoms in total. The number of carbonyl (C=O) groups is 2. The number of sulfonamides is 1. The Morgan fingerprint density at radius 1 is 0.977 bits per heavy atom. The Bertz CT molecular complexity index is 1600. The number of hydrogen-bond donors (Lipinski definition) is 1. The smallest absolute Gasteiger partial charge is 0.264 e. The molecular formula is C32H35ClFN3O6S. The Hall–Kier alpha value is -3.83. The highest BCUT2D eigenvalue weighted by atomic mass is 35.5. The number of nitrogens with one attached hydrogen (secondary N) is 1. The first-order valence-corrected chi connectivity index (χ1v) is 16.5. The fourth-order valence-electron chi connectivity index (χ4n) is 5.43. The van der Waals surface area contributed by atoms with Gasteiger partial charge < -0.3 is 19.7 Å². The van der Waals surface area contributed by atoms with Gasteiger partial charge >= 0.3 is 0 Å². The Balaban J connectivity index is 1.47. The minimum Gasteiger partial charge on any atom is -0.486 e. The third-order valence-corrected chi connectivity index (χ3v) is 9.86. The lowest BCUT2D eigenvalue weighted by atomic mass is 9.95. The van der Waals surface area contributed by atoms with Crippen LogP contribution in [-0.4, -0.2) is 57.0 Å². The van der Waals surface area contributed by atoms with Crippen LogP contribution >= 0.6 is 11.6 Å². The van der Waals surface area contributed by atoms with Crippen LogP contribution in [0.2, 0.25) is 5.02 Å². The van der Waals surface area contributed by atoms with E-state index in [1.54, 1.807) is 31.2 Å². The molecular weight excluding hydrogens is 609 g/mol. The molecule has 0 aromatic heterocycles. The summed E-state index contributed by atoms with van der Waals surface area (Å²) in [6.07, 6.45) is 4.90. The number of fused-ring (bicyclic) bond motifs is 1. The first-order chi connectivity index (χ1) is 21.1. The van der Waals surface area contributed by atoms with Gasteiger partial charge in [-0.15, -0.1) is 0 Å². The van der Waals surface area contributed by atoms with E-state index in [0.29, 0.717) is 22.9 Å². The van der Waals surface area contributed by atoms with Gasteiger partial charge in [-0.25, -0.2) is 12.8 Å². The second-order valence-corrected chi connectivity index (χ2v) is 13.3. The fourth-order valence-corrected chi connectivity index (χ4v) is 7.07. The molecule has 0 saturated heterocycles. The largest absolute Gasteiger partial charge is 0.486 e. The number of ether oxygens (including phenoxy) is 2. The van der Waals surface area contributed by atoms with Gasteiger partial charge in [-0.2, -0.15) is 0 Å². The van der Waals surface area contributed by atoms with E-state index in [1.807, 2.05) is 0 Å². The standard InChI is InChI=1S/C32H35ClFN3O6S/c1-22(32(39)35-26-8-3-2-4-9-26)36(20-23-6-5-7-24(33)18-23)31(38)21-37(27-12-10-25(34)11-13-27)44(40,41)28-14-15-29-30(19-28)43-17-16-42-29/h5-7,10-15,18-19,22,26H,2-4,8-9,16-17,20-21H2,1H3,(H,35,39)/t22-/m0/s1. The van der Waals surface area contributed by atoms with Crippen molar-refractivity contribution in [2.75, 3.05) is 24.1 Å². The summed E-state index contributed by atoms with van der Waals surface area (Å²) in [6, 6.07) is 15.0. The van der Waals surface area contributed by atoms with Crippen molar-refractivity contribution in [1.82, 2.24) is 10.2 Å². The Kier molecular flexibility index (Phi) is 9.95. The third-order valence-electron chi connectivity index (χ3n) is 7.86. The molecule has 1 atom stereocenters. The van der Waals surface area contributed by atoms with Crippen LogP contribution in [0, 0.1) is 5.82 Å². The first kappa shape index (κ1) is 31.6. The van der Waals surface area contributed by atoms with E-state index in [0.717, 1.165) is 48.5 Å². The molecule has 234 valence electrons. The second kappa shape index (κ2) is 13.9. The van der Waals surface area contributed by atoms with Gasteiger partial charge in [0.25, 0.3) is 10.0 Å². The predicted molar refractivity (Wildman–Crippen MR) is 165 cm³/mol. The lowest BCUT2D eigenvalue weighted by Crippen LogP contribution is -2.53. The summed E-state index contributed by atoms with van der Waals surface area (Å²) in [5.41, 5.74) is 0.753. The Morgan fingerprint density at radius 2 is 1.68 bits per heavy atom. The highest BCUT2D eigenvalue weighted by molar-refractivity contribution is 7.92. The van der Waals surface area contributed by atoms with Gasteiger partial charge in [0.2, 0.25) is 11.8 Å². The summed E-state index contributed by atoms with van der Waals surface area (Å²) < 4.78 is 54.1. The van der Waals surface area contributed by atoms with Gasteiger partial charge in [0.15, 0.2) is 11.5 Å². The minimum absolute atomic E-state index is 0.0139. The van der Waals surface area contributed by atoms with Crippen molar-refractivity contribution >= 4 is 39.1 Å². The maximum Gasteiger partial charge on any atom is 0.264 e. The average Bonchev–Trinajstić information content (AvgIpc) is 3.02. The van der Waals surface area contributed by atoms with Crippen molar-refractivity contribution in [2.24, 2.45) is 0 Å². The van der Waals surface area contributed by atoms with Crippen LogP contribution in [0.25, 0.3) is 0 Å². The van der Waals surface area contributed by atoms with Crippen LogP contribution in [0.4, 0.5) is 10.1 Å². The summed E-state index contributed by atoms with van der Waals surface area (Å²) >= 11 is 6.21. The molecule has 1 N–H and O–H groups in total. The molecule has 1 aliphatic carbocycles. The summed E-state index contributed by atoms with van der Waals surface area (Å²) in [6.45, 7) is 1.59. The van der Waals surface area contributed by atoms with E-state index in [2.05, 4.69) is 5.32 Å². The van der Waals surface area contributed by atoms with Crippen LogP contribution in [0.5, 0.6) is 11.5 Å². The zero-order valence-electron chi connectivity index (χ0n) is 24.4. The van der Waals surface area contributed by atoms with E-state index in [1.165, 1.54) is 35.2 Å². The van der Waals surface area contributed by atoms with Crippen molar-refractivity contribution in [2.45, 2.75) is 62.6 Å². The van der Waals surface area contributed by atoms with Gasteiger partial charge in [0, 0.05) is 23.7 Å². The molecule has 1 aliphatic heterocycles. The number of amides is 2. The van der Waals surface area contributed by atoms with Crippen molar-refractivity contribution in [3.8, 4) is 11.5 Å². The molecule has 5 rings (SSSR count). The fraction of sp³-hybridized carbons (Fsp3) is 0.375. The van der Waals surface area contributed by atoms with Crippen LogP contribution in [0.1, 0.15) is 44.6 Å². The van der Waals surface area contributed by atoms with Crippen LogP contribution in [0.3, 0.4) is 0 Å². The molecule has 3 aromatic rings. The number of nitrogens with zero attached hydrogens (tertiary/aromatic N) is 2. The van der Waals surface area contributed by atoms with E-state index >= 15 is 0 Å². The molecule has 1 heterocycles. The number of halogens is 2. The van der Waals surface area contributed by atoms with E-state index in [-0.39, 0.29) is 41.4 Å². The molecule has 2 amide bonds. The number of carbonyl (C=O) groups excluding carboxylic acids is 2. The molecule has 44 heavy (non-hydrogen) atoms. The van der Waals surface area contributed by atoms with Gasteiger partial charge in [0.05, 0.1) is 10.6 Å². The van der Waals surface area contributed by atoms with Crippen LogP contribution < -0.4 is 19.1 Å². The molecule has 3 aromatic carbocycles. The van der Waals surface area contributed by atoms with Gasteiger partial charge in [-0.3, -0.25) is 13.9 Å². The highest BCUT2D eigenvalue weighted by Gasteiger charge is 2.34. The maximum absolute atomic E-state index is 14.1. The molecule has 2 aliphatic rings. The van der Waals surface area contributed by atoms with E-state index in [4.69, 9.17) is 21.1 Å². The summed E-state index contributed by atoms with van der Waals surface area (Å²) in [5, 5.41) is 3.53. The van der Waals surface area contributed by atoms with Crippen LogP contribution in [-0.2, 0) is 26.2 Å². The van der Waals surface area contributed by atoms with E-state index in [9.17, 15) is 22.4 Å². The SMILES string of the molecule is C[C@@H](C(=O)NC1CCCCC1)N(Cc1cccc(Cl)c1)C(=O)CN(c1ccc(F)cc1)S(=O)(=O)c1ccc2c(c1)OCCO2. The Morgan fingerprint density at radius 3 is 2.39 bits per heavy atom. The lowest BCUT2D eigenvalue weighted by Gasteiger charge is -2.33. The summed E-state index contributed by atoms with van der Waals surface area (Å²) in [7, 11) is -4.37. The number of anilines is 1. The van der Waals surface area contributed by atoms with Crippen molar-refractivity contribution in [3.63, 3.8) is 0 Å². The highest BCUT2D eigenvalue weighted by Crippen LogP contribution is 2.34. The van der Waals surface area contributed by atoms with Crippen molar-refractivity contribution < 1.29 is 31.9 Å². The summed E-state index contributed by atoms with van der Waals surface area (Å²) in [5.74, 6) is -0.840. The zero-order valence-corrected chi connectivity index (χ0v) is 26.0. The van der Waals surface area contributed by atoms with Gasteiger partial charge in [-0.1, -0.05) is 43.0 Å². The minimum atomic E-state index is -4.37. The van der Waals surface area contributed by atoms with Crippen LogP contribution in [0.15, 0.2) is 71.6 Å². The third kappa shape index (κ3) is 7.44. The second-order valence-electron chi connectivity index (χ2n) is 11.0. The molecule has 0 radical (unpaired) electrons. The van der Waals surface area contributed by atoms with Crippen molar-refractivity contribution in [1.29, 1.82) is 0 Å². The number of rotatable bonds is 10. The average molecular weight is 644 g/mol. The van der Waals surface area contributed by atoms with E-state index < -0.39 is 34.3 Å². The normalized spacial score (nSPS) is 15.7. The van der Waals surface area contributed by atoms with Gasteiger partial charge in [0.1, 0.15) is 31.6 Å². The molecule has 1 saturated carbocycles. The molecule has 12 heteroatoms. The monoisotopic (exact) mass is 643 g/mol. The number of hydrogen-bond acceptors (Lipinski definition) is 6. The zero-order chi connectivity index (χ0) is 31.3. The lowest BCUT2D eigenvalue weighted by molar-refractivity contribution is -0.139. The van der Waals surface area contributed by atoms with Crippen molar-refractivity contribution in [3.05, 3.63) is 83.1 Å². The predicted octanol–water partition coefficient (Wildman–Crippen LogP) is 5.31. The first-order valence-electron chi connectivity index (χ1n) is 14.6. The Labute approximate surface area is 261 Å².